The number of benzene rings is 1. The molecular weight excluding hydrogens is 299 g/mol. The van der Waals surface area contributed by atoms with E-state index in [1.807, 2.05) is 0 Å². The number of hydrogen-bond acceptors (Lipinski definition) is 1. The van der Waals surface area contributed by atoms with Gasteiger partial charge in [0.1, 0.15) is 5.75 Å². The average molecular weight is 307 g/mol. The Bertz CT molecular complexity index is 332. The fraction of sp³-hybridized carbons (Fsp3) is 0.250. The van der Waals surface area contributed by atoms with Crippen LogP contribution in [-0.4, -0.2) is 13.5 Å². The van der Waals surface area contributed by atoms with Gasteiger partial charge in [-0.1, -0.05) is 22.0 Å². The van der Waals surface area contributed by atoms with Gasteiger partial charge in [0, 0.05) is 4.47 Å². The number of aryl methyl sites for hydroxylation is 1. The molecule has 0 aliphatic rings. The van der Waals surface area contributed by atoms with Gasteiger partial charge in [0.15, 0.2) is 0 Å². The Morgan fingerprint density at radius 1 is 1.33 bits per heavy atom. The van der Waals surface area contributed by atoms with Crippen molar-refractivity contribution in [1.82, 2.24) is 0 Å². The summed E-state index contributed by atoms with van der Waals surface area (Å²) < 4.78 is 41.1. The molecule has 1 rings (SSSR count). The molecule has 1 aromatic carbocycles. The molecule has 0 heterocycles. The Kier molecular flexibility index (Phi) is 7.10. The molecule has 0 amide bonds. The van der Waals surface area contributed by atoms with Crippen molar-refractivity contribution < 1.29 is 69.1 Å². The van der Waals surface area contributed by atoms with Gasteiger partial charge >= 0.3 is 58.4 Å². The predicted octanol–water partition coefficient (Wildman–Crippen LogP) is 0.527. The average Bonchev–Trinajstić information content (AvgIpc) is 2.05. The second-order valence-corrected chi connectivity index (χ2v) is 3.85. The first-order valence-electron chi connectivity index (χ1n) is 3.98. The number of ether oxygens (including phenoxy) is 1. The first kappa shape index (κ1) is 16.0. The maximum absolute atomic E-state index is 11.9. The smallest absolute Gasteiger partial charge is 0.521 e. The first-order chi connectivity index (χ1) is 6.38. The molecule has 0 spiro atoms. The van der Waals surface area contributed by atoms with Crippen LogP contribution in [0.4, 0.5) is 12.9 Å². The van der Waals surface area contributed by atoms with E-state index in [0.29, 0.717) is 10.0 Å². The van der Waals surface area contributed by atoms with Crippen molar-refractivity contribution in [3.05, 3.63) is 28.2 Å². The van der Waals surface area contributed by atoms with Gasteiger partial charge in [0.05, 0.1) is 6.51 Å². The molecule has 0 bridgehead atoms. The Balaban J connectivity index is 0.00000196. The SMILES string of the molecule is Cc1ccc(Br)cc1OC[B-](F)(F)F.[K+]. The maximum Gasteiger partial charge on any atom is 1.00 e. The maximum atomic E-state index is 11.9. The molecule has 78 valence electrons. The van der Waals surface area contributed by atoms with Crippen molar-refractivity contribution in [2.24, 2.45) is 0 Å². The number of halogens is 4. The fourth-order valence-corrected chi connectivity index (χ4v) is 1.25. The molecule has 1 nitrogen and oxygen atoms in total. The molecule has 0 saturated carbocycles. The van der Waals surface area contributed by atoms with Gasteiger partial charge < -0.3 is 17.7 Å². The molecule has 15 heavy (non-hydrogen) atoms. The minimum absolute atomic E-state index is 0. The van der Waals surface area contributed by atoms with Crippen LogP contribution in [0, 0.1) is 6.92 Å². The molecule has 0 aromatic heterocycles. The van der Waals surface area contributed by atoms with Crippen molar-refractivity contribution >= 4 is 22.9 Å². The van der Waals surface area contributed by atoms with Crippen molar-refractivity contribution in [2.45, 2.75) is 6.92 Å². The molecule has 0 fully saturated rings. The molecule has 7 heteroatoms. The van der Waals surface area contributed by atoms with Crippen LogP contribution < -0.4 is 56.1 Å². The van der Waals surface area contributed by atoms with Gasteiger partial charge in [-0.05, 0) is 24.6 Å². The zero-order valence-corrected chi connectivity index (χ0v) is 13.1. The van der Waals surface area contributed by atoms with Crippen molar-refractivity contribution in [3.8, 4) is 5.75 Å². The summed E-state index contributed by atoms with van der Waals surface area (Å²) in [5, 5.41) is 0. The summed E-state index contributed by atoms with van der Waals surface area (Å²) >= 11 is 3.16. The van der Waals surface area contributed by atoms with Gasteiger partial charge in [-0.25, -0.2) is 0 Å². The summed E-state index contributed by atoms with van der Waals surface area (Å²) in [5.74, 6) is 0.263. The van der Waals surface area contributed by atoms with E-state index in [9.17, 15) is 12.9 Å². The third-order valence-corrected chi connectivity index (χ3v) is 2.07. The Morgan fingerprint density at radius 2 is 1.93 bits per heavy atom. The van der Waals surface area contributed by atoms with Gasteiger partial charge in [0.2, 0.25) is 0 Å². The Labute approximate surface area is 137 Å². The third kappa shape index (κ3) is 6.33. The van der Waals surface area contributed by atoms with Crippen LogP contribution in [0.3, 0.4) is 0 Å². The molecule has 0 aliphatic heterocycles. The van der Waals surface area contributed by atoms with Gasteiger partial charge in [-0.15, -0.1) is 0 Å². The Hall–Kier alpha value is 0.991. The van der Waals surface area contributed by atoms with E-state index < -0.39 is 13.5 Å². The minimum Gasteiger partial charge on any atom is -0.521 e. The second kappa shape index (κ2) is 6.66. The minimum atomic E-state index is -4.89. The standard InChI is InChI=1S/C8H8BBrF3O.K/c1-6-2-3-7(10)4-8(6)14-5-9(11,12)13;/h2-4H,5H2,1H3;/q-1;+1. The van der Waals surface area contributed by atoms with Gasteiger partial charge in [-0.2, -0.15) is 0 Å². The number of rotatable bonds is 3. The third-order valence-electron chi connectivity index (χ3n) is 1.58. The van der Waals surface area contributed by atoms with E-state index in [4.69, 9.17) is 0 Å². The summed E-state index contributed by atoms with van der Waals surface area (Å²) in [6.07, 6.45) is 0. The zero-order valence-electron chi connectivity index (χ0n) is 8.44. The van der Waals surface area contributed by atoms with Crippen LogP contribution in [0.25, 0.3) is 0 Å². The van der Waals surface area contributed by atoms with Crippen molar-refractivity contribution in [3.63, 3.8) is 0 Å². The normalized spacial score (nSPS) is 10.7. The van der Waals surface area contributed by atoms with E-state index in [0.717, 1.165) is 0 Å². The quantitative estimate of drug-likeness (QED) is 0.740. The topological polar surface area (TPSA) is 9.23 Å². The zero-order chi connectivity index (χ0) is 10.8. The molecule has 0 saturated heterocycles. The largest absolute Gasteiger partial charge is 1.00 e. The van der Waals surface area contributed by atoms with Crippen LogP contribution in [0.1, 0.15) is 5.56 Å². The predicted molar refractivity (Wildman–Crippen MR) is 53.5 cm³/mol. The van der Waals surface area contributed by atoms with E-state index in [-0.39, 0.29) is 57.1 Å². The van der Waals surface area contributed by atoms with E-state index in [1.54, 1.807) is 19.1 Å². The van der Waals surface area contributed by atoms with Crippen LogP contribution in [0.2, 0.25) is 0 Å². The number of hydrogen-bond donors (Lipinski definition) is 0. The van der Waals surface area contributed by atoms with Crippen LogP contribution in [0.5, 0.6) is 5.75 Å². The van der Waals surface area contributed by atoms with Crippen LogP contribution in [0.15, 0.2) is 22.7 Å². The molecule has 1 aromatic rings. The molecule has 0 aliphatic carbocycles. The van der Waals surface area contributed by atoms with Gasteiger partial charge in [0.25, 0.3) is 0 Å². The fourth-order valence-electron chi connectivity index (χ4n) is 0.914. The summed E-state index contributed by atoms with van der Waals surface area (Å²) in [4.78, 5) is 0. The monoisotopic (exact) mass is 306 g/mol. The molecule has 0 unspecified atom stereocenters. The molecular formula is C8H8BBrF3KO. The van der Waals surface area contributed by atoms with Crippen LogP contribution >= 0.6 is 15.9 Å². The first-order valence-corrected chi connectivity index (χ1v) is 4.78. The summed E-state index contributed by atoms with van der Waals surface area (Å²) in [6, 6.07) is 4.97. The molecule has 0 atom stereocenters. The van der Waals surface area contributed by atoms with Crippen molar-refractivity contribution in [1.29, 1.82) is 0 Å². The molecule has 0 radical (unpaired) electrons. The van der Waals surface area contributed by atoms with Gasteiger partial charge in [-0.3, -0.25) is 0 Å². The Morgan fingerprint density at radius 3 is 2.47 bits per heavy atom. The van der Waals surface area contributed by atoms with Crippen molar-refractivity contribution in [2.75, 3.05) is 6.51 Å². The second-order valence-electron chi connectivity index (χ2n) is 2.93. The summed E-state index contributed by atoms with van der Waals surface area (Å²) in [6.45, 7) is -4.39. The van der Waals surface area contributed by atoms with E-state index in [1.165, 1.54) is 6.07 Å². The van der Waals surface area contributed by atoms with Crippen LogP contribution in [-0.2, 0) is 0 Å². The van der Waals surface area contributed by atoms with E-state index in [2.05, 4.69) is 20.7 Å². The summed E-state index contributed by atoms with van der Waals surface area (Å²) in [5.41, 5.74) is 0.688. The molecule has 0 N–H and O–H groups in total. The summed E-state index contributed by atoms with van der Waals surface area (Å²) in [7, 11) is 0. The van der Waals surface area contributed by atoms with E-state index >= 15 is 0 Å².